The quantitative estimate of drug-likeness (QED) is 0.518. The minimum atomic E-state index is -0.596. The summed E-state index contributed by atoms with van der Waals surface area (Å²) in [6.07, 6.45) is 7.08. The van der Waals surface area contributed by atoms with Gasteiger partial charge in [0.2, 0.25) is 0 Å². The van der Waals surface area contributed by atoms with E-state index in [1.165, 1.54) is 12.1 Å². The number of carbonyl (C=O) groups excluding carboxylic acids is 2. The Morgan fingerprint density at radius 2 is 1.91 bits per heavy atom. The molecule has 1 aliphatic carbocycles. The molecule has 34 heavy (non-hydrogen) atoms. The maximum Gasteiger partial charge on any atom is 0.275 e. The van der Waals surface area contributed by atoms with Crippen LogP contribution in [0.15, 0.2) is 53.5 Å². The summed E-state index contributed by atoms with van der Waals surface area (Å²) in [5, 5.41) is 2.84. The van der Waals surface area contributed by atoms with Gasteiger partial charge in [0, 0.05) is 11.1 Å². The number of nitrogens with one attached hydrogen (secondary N) is 1. The third-order valence-electron chi connectivity index (χ3n) is 6.84. The van der Waals surface area contributed by atoms with Gasteiger partial charge in [0.25, 0.3) is 11.8 Å². The SMILES string of the molecule is [CH2+]CCNC(=O)c1ccc(C(CCC)N2C(=O)C(c3cccc(F)c3)=NC23CCCCC3)cc1. The Kier molecular flexibility index (Phi) is 7.35. The first-order valence-electron chi connectivity index (χ1n) is 12.4. The summed E-state index contributed by atoms with van der Waals surface area (Å²) >= 11 is 0. The second-order valence-corrected chi connectivity index (χ2v) is 9.22. The molecular weight excluding hydrogens is 429 g/mol. The highest BCUT2D eigenvalue weighted by atomic mass is 19.1. The number of aliphatic imine (C=N–C) groups is 1. The molecule has 1 atom stereocenters. The Labute approximate surface area is 201 Å². The van der Waals surface area contributed by atoms with Gasteiger partial charge in [0.1, 0.15) is 23.6 Å². The molecular formula is C28H33FN3O2+. The molecule has 2 aromatic carbocycles. The van der Waals surface area contributed by atoms with Crippen molar-refractivity contribution < 1.29 is 14.0 Å². The van der Waals surface area contributed by atoms with E-state index in [-0.39, 0.29) is 23.7 Å². The highest BCUT2D eigenvalue weighted by Gasteiger charge is 2.50. The molecule has 2 aromatic rings. The van der Waals surface area contributed by atoms with Crippen LogP contribution in [0.4, 0.5) is 4.39 Å². The number of amides is 2. The summed E-state index contributed by atoms with van der Waals surface area (Å²) in [6.45, 7) is 6.39. The summed E-state index contributed by atoms with van der Waals surface area (Å²) in [7, 11) is 0. The molecule has 1 heterocycles. The minimum absolute atomic E-state index is 0.125. The lowest BCUT2D eigenvalue weighted by Crippen LogP contribution is -2.50. The third-order valence-corrected chi connectivity index (χ3v) is 6.84. The van der Waals surface area contributed by atoms with E-state index in [1.54, 1.807) is 12.1 Å². The molecule has 2 aliphatic rings. The van der Waals surface area contributed by atoms with E-state index < -0.39 is 5.66 Å². The first-order valence-corrected chi connectivity index (χ1v) is 12.4. The van der Waals surface area contributed by atoms with Crippen LogP contribution < -0.4 is 5.32 Å². The number of hydrogen-bond acceptors (Lipinski definition) is 3. The summed E-state index contributed by atoms with van der Waals surface area (Å²) in [5.41, 5.74) is 1.87. The van der Waals surface area contributed by atoms with Gasteiger partial charge < -0.3 is 10.2 Å². The van der Waals surface area contributed by atoms with Crippen molar-refractivity contribution in [2.24, 2.45) is 4.99 Å². The smallest absolute Gasteiger partial charge is 0.275 e. The number of rotatable bonds is 8. The lowest BCUT2D eigenvalue weighted by molar-refractivity contribution is -0.132. The number of carbonyl (C=O) groups is 2. The van der Waals surface area contributed by atoms with Gasteiger partial charge in [-0.15, -0.1) is 0 Å². The molecule has 0 saturated heterocycles. The molecule has 1 N–H and O–H groups in total. The van der Waals surface area contributed by atoms with Gasteiger partial charge in [0.15, 0.2) is 0 Å². The maximum atomic E-state index is 14.0. The van der Waals surface area contributed by atoms with Crippen molar-refractivity contribution >= 4 is 17.5 Å². The Morgan fingerprint density at radius 3 is 2.56 bits per heavy atom. The highest BCUT2D eigenvalue weighted by Crippen LogP contribution is 2.45. The van der Waals surface area contributed by atoms with Crippen LogP contribution >= 0.6 is 0 Å². The van der Waals surface area contributed by atoms with Crippen LogP contribution in [0.5, 0.6) is 0 Å². The summed E-state index contributed by atoms with van der Waals surface area (Å²) in [6, 6.07) is 13.5. The first kappa shape index (κ1) is 24.0. The predicted molar refractivity (Wildman–Crippen MR) is 132 cm³/mol. The number of benzene rings is 2. The van der Waals surface area contributed by atoms with E-state index in [0.717, 1.165) is 50.5 Å². The van der Waals surface area contributed by atoms with E-state index in [4.69, 9.17) is 4.99 Å². The lowest BCUT2D eigenvalue weighted by atomic mass is 9.86. The minimum Gasteiger partial charge on any atom is -0.348 e. The van der Waals surface area contributed by atoms with Crippen LogP contribution in [-0.4, -0.2) is 34.6 Å². The first-order chi connectivity index (χ1) is 16.5. The molecule has 1 unspecified atom stereocenters. The zero-order chi connectivity index (χ0) is 24.1. The maximum absolute atomic E-state index is 14.0. The van der Waals surface area contributed by atoms with Crippen LogP contribution in [0, 0.1) is 12.7 Å². The van der Waals surface area contributed by atoms with Crippen molar-refractivity contribution in [3.63, 3.8) is 0 Å². The third kappa shape index (κ3) is 4.72. The number of hydrogen-bond donors (Lipinski definition) is 1. The van der Waals surface area contributed by atoms with E-state index >= 15 is 0 Å². The van der Waals surface area contributed by atoms with Gasteiger partial charge >= 0.3 is 0 Å². The van der Waals surface area contributed by atoms with Crippen molar-refractivity contribution in [3.8, 4) is 0 Å². The van der Waals surface area contributed by atoms with Crippen LogP contribution in [0.1, 0.15) is 85.8 Å². The largest absolute Gasteiger partial charge is 0.348 e. The van der Waals surface area contributed by atoms with Gasteiger partial charge in [-0.25, -0.2) is 4.39 Å². The summed E-state index contributed by atoms with van der Waals surface area (Å²) < 4.78 is 14.0. The average molecular weight is 463 g/mol. The monoisotopic (exact) mass is 462 g/mol. The molecule has 2 amide bonds. The van der Waals surface area contributed by atoms with E-state index in [1.807, 2.05) is 29.2 Å². The van der Waals surface area contributed by atoms with Crippen molar-refractivity contribution in [3.05, 3.63) is 78.0 Å². The standard InChI is InChI=1S/C28H32FN3O2/c1-3-9-24(20-12-14-21(15-13-20)26(33)30-18-4-2)32-27(34)25(22-10-8-11-23(29)19-22)31-28(32)16-6-5-7-17-28/h8,10-15,19,24H,2-7,9,16-18H2,1H3/p+1. The fourth-order valence-electron chi connectivity index (χ4n) is 5.22. The zero-order valence-corrected chi connectivity index (χ0v) is 19.9. The van der Waals surface area contributed by atoms with Crippen molar-refractivity contribution in [2.75, 3.05) is 6.54 Å². The van der Waals surface area contributed by atoms with Gasteiger partial charge in [-0.2, -0.15) is 0 Å². The molecule has 5 nitrogen and oxygen atoms in total. The number of halogens is 1. The highest BCUT2D eigenvalue weighted by molar-refractivity contribution is 6.46. The lowest BCUT2D eigenvalue weighted by Gasteiger charge is -2.44. The Bertz CT molecular complexity index is 1060. The van der Waals surface area contributed by atoms with Crippen LogP contribution in [0.25, 0.3) is 0 Å². The fourth-order valence-corrected chi connectivity index (χ4v) is 5.22. The van der Waals surface area contributed by atoms with Gasteiger partial charge in [-0.05, 0) is 61.9 Å². The van der Waals surface area contributed by atoms with E-state index in [0.29, 0.717) is 29.8 Å². The molecule has 178 valence electrons. The summed E-state index contributed by atoms with van der Waals surface area (Å²) in [5.74, 6) is -0.634. The van der Waals surface area contributed by atoms with Crippen molar-refractivity contribution in [1.82, 2.24) is 10.2 Å². The van der Waals surface area contributed by atoms with Gasteiger partial charge in [0.05, 0.1) is 19.5 Å². The van der Waals surface area contributed by atoms with Crippen LogP contribution in [-0.2, 0) is 4.79 Å². The second kappa shape index (κ2) is 10.4. The molecule has 0 aromatic heterocycles. The molecule has 1 spiro atoms. The average Bonchev–Trinajstić information content (AvgIpc) is 3.12. The van der Waals surface area contributed by atoms with Crippen molar-refractivity contribution in [2.45, 2.75) is 70.0 Å². The topological polar surface area (TPSA) is 61.8 Å². The summed E-state index contributed by atoms with van der Waals surface area (Å²) in [4.78, 5) is 33.2. The fraction of sp³-hybridized carbons (Fsp3) is 0.429. The molecule has 6 heteroatoms. The molecule has 0 bridgehead atoms. The Morgan fingerprint density at radius 1 is 1.18 bits per heavy atom. The Hall–Kier alpha value is -3.15. The molecule has 1 fully saturated rings. The molecule has 1 saturated carbocycles. The molecule has 4 rings (SSSR count). The van der Waals surface area contributed by atoms with Crippen molar-refractivity contribution in [1.29, 1.82) is 0 Å². The van der Waals surface area contributed by atoms with Gasteiger partial charge in [-0.3, -0.25) is 14.6 Å². The predicted octanol–water partition coefficient (Wildman–Crippen LogP) is 5.61. The van der Waals surface area contributed by atoms with Crippen LogP contribution in [0.2, 0.25) is 0 Å². The van der Waals surface area contributed by atoms with Gasteiger partial charge in [-0.1, -0.05) is 44.0 Å². The Balaban J connectivity index is 1.70. The van der Waals surface area contributed by atoms with Crippen LogP contribution in [0.3, 0.4) is 0 Å². The molecule has 1 aliphatic heterocycles. The normalized spacial score (nSPS) is 18.1. The van der Waals surface area contributed by atoms with E-state index in [9.17, 15) is 14.0 Å². The number of nitrogens with zero attached hydrogens (tertiary/aromatic N) is 2. The zero-order valence-electron chi connectivity index (χ0n) is 19.9. The van der Waals surface area contributed by atoms with E-state index in [2.05, 4.69) is 19.2 Å². The molecule has 0 radical (unpaired) electrons. The second-order valence-electron chi connectivity index (χ2n) is 9.22.